The summed E-state index contributed by atoms with van der Waals surface area (Å²) in [6.45, 7) is -0.930. The van der Waals surface area contributed by atoms with E-state index in [0.717, 1.165) is 0 Å². The molecule has 2 fully saturated rings. The zero-order chi connectivity index (χ0) is 15.7. The van der Waals surface area contributed by atoms with Crippen LogP contribution in [-0.4, -0.2) is 104 Å². The summed E-state index contributed by atoms with van der Waals surface area (Å²) in [5, 5.41) is 66.5. The second-order valence-electron chi connectivity index (χ2n) is 5.08. The molecule has 0 radical (unpaired) electrons. The van der Waals surface area contributed by atoms with Crippen molar-refractivity contribution in [1.29, 1.82) is 0 Å². The number of hydrogen-bond acceptors (Lipinski definition) is 10. The van der Waals surface area contributed by atoms with Crippen molar-refractivity contribution in [3.63, 3.8) is 0 Å². The standard InChI is InChI=1S/C11H20O10/c12-1-4-6(15)7(16)9(18)11(20-4)21-10-8(17)5(14)3(13)2-19-10/h3-18H,1-2H2/t3-,4-,5-,6-,7+,8-,9-,10?,11-/m1/s1. The van der Waals surface area contributed by atoms with E-state index < -0.39 is 61.9 Å². The van der Waals surface area contributed by atoms with Crippen LogP contribution < -0.4 is 0 Å². The van der Waals surface area contributed by atoms with Crippen LogP contribution in [0.15, 0.2) is 0 Å². The van der Waals surface area contributed by atoms with E-state index in [4.69, 9.17) is 19.3 Å². The van der Waals surface area contributed by atoms with Crippen LogP contribution in [0.4, 0.5) is 0 Å². The number of ether oxygens (including phenoxy) is 3. The Hall–Kier alpha value is -0.400. The molecule has 124 valence electrons. The summed E-state index contributed by atoms with van der Waals surface area (Å²) < 4.78 is 15.2. The largest absolute Gasteiger partial charge is 0.394 e. The molecule has 1 unspecified atom stereocenters. The van der Waals surface area contributed by atoms with Gasteiger partial charge in [0.05, 0.1) is 13.2 Å². The third-order valence-corrected chi connectivity index (χ3v) is 3.57. The van der Waals surface area contributed by atoms with E-state index >= 15 is 0 Å². The summed E-state index contributed by atoms with van der Waals surface area (Å²) in [5.41, 5.74) is 0. The predicted octanol–water partition coefficient (Wildman–Crippen LogP) is -4.76. The highest BCUT2D eigenvalue weighted by molar-refractivity contribution is 4.90. The fourth-order valence-electron chi connectivity index (χ4n) is 2.21. The molecule has 0 bridgehead atoms. The first-order valence-corrected chi connectivity index (χ1v) is 6.48. The van der Waals surface area contributed by atoms with Crippen LogP contribution in [0.1, 0.15) is 0 Å². The van der Waals surface area contributed by atoms with Gasteiger partial charge in [-0.3, -0.25) is 0 Å². The lowest BCUT2D eigenvalue weighted by Crippen LogP contribution is -2.62. The number of rotatable bonds is 3. The first-order valence-electron chi connectivity index (χ1n) is 6.48. The summed E-state index contributed by atoms with van der Waals surface area (Å²) in [5.74, 6) is 0. The minimum absolute atomic E-state index is 0.305. The third kappa shape index (κ3) is 3.35. The summed E-state index contributed by atoms with van der Waals surface area (Å²) in [6.07, 6.45) is -13.3. The molecule has 7 N–H and O–H groups in total. The van der Waals surface area contributed by atoms with Crippen LogP contribution >= 0.6 is 0 Å². The topological polar surface area (TPSA) is 169 Å². The monoisotopic (exact) mass is 312 g/mol. The van der Waals surface area contributed by atoms with E-state index in [9.17, 15) is 30.6 Å². The second kappa shape index (κ2) is 6.79. The lowest BCUT2D eigenvalue weighted by Gasteiger charge is -2.42. The van der Waals surface area contributed by atoms with Crippen LogP contribution in [0.5, 0.6) is 0 Å². The Morgan fingerprint density at radius 2 is 1.43 bits per heavy atom. The average molecular weight is 312 g/mol. The van der Waals surface area contributed by atoms with Gasteiger partial charge >= 0.3 is 0 Å². The molecule has 0 aromatic heterocycles. The van der Waals surface area contributed by atoms with Gasteiger partial charge in [0.25, 0.3) is 0 Å². The molecule has 9 atom stereocenters. The van der Waals surface area contributed by atoms with Gasteiger partial charge in [0.1, 0.15) is 42.7 Å². The second-order valence-corrected chi connectivity index (χ2v) is 5.08. The fourth-order valence-corrected chi connectivity index (χ4v) is 2.21. The molecule has 0 aromatic rings. The van der Waals surface area contributed by atoms with Gasteiger partial charge < -0.3 is 50.0 Å². The van der Waals surface area contributed by atoms with Gasteiger partial charge in [-0.25, -0.2) is 0 Å². The molecule has 10 heteroatoms. The van der Waals surface area contributed by atoms with Crippen molar-refractivity contribution in [3.8, 4) is 0 Å². The van der Waals surface area contributed by atoms with Gasteiger partial charge in [-0.15, -0.1) is 0 Å². The van der Waals surface area contributed by atoms with Crippen LogP contribution in [0, 0.1) is 0 Å². The molecule has 0 saturated carbocycles. The molecule has 0 aliphatic carbocycles. The smallest absolute Gasteiger partial charge is 0.189 e. The van der Waals surface area contributed by atoms with Crippen molar-refractivity contribution in [2.24, 2.45) is 0 Å². The van der Waals surface area contributed by atoms with Gasteiger partial charge in [-0.1, -0.05) is 0 Å². The molecule has 0 spiro atoms. The third-order valence-electron chi connectivity index (χ3n) is 3.57. The molecule has 2 heterocycles. The maximum absolute atomic E-state index is 9.77. The Kier molecular flexibility index (Phi) is 5.48. The lowest BCUT2D eigenvalue weighted by atomic mass is 9.99. The van der Waals surface area contributed by atoms with E-state index in [-0.39, 0.29) is 6.61 Å². The van der Waals surface area contributed by atoms with Gasteiger partial charge in [0.15, 0.2) is 12.6 Å². The van der Waals surface area contributed by atoms with Crippen molar-refractivity contribution in [3.05, 3.63) is 0 Å². The molecule has 0 amide bonds. The van der Waals surface area contributed by atoms with E-state index in [2.05, 4.69) is 0 Å². The van der Waals surface area contributed by atoms with Crippen molar-refractivity contribution in [1.82, 2.24) is 0 Å². The first-order chi connectivity index (χ1) is 9.86. The van der Waals surface area contributed by atoms with E-state index in [1.807, 2.05) is 0 Å². The van der Waals surface area contributed by atoms with Crippen molar-refractivity contribution in [2.45, 2.75) is 55.3 Å². The Bertz CT molecular complexity index is 339. The summed E-state index contributed by atoms with van der Waals surface area (Å²) in [6, 6.07) is 0. The maximum atomic E-state index is 9.77. The Balaban J connectivity index is 2.01. The highest BCUT2D eigenvalue weighted by Gasteiger charge is 2.47. The van der Waals surface area contributed by atoms with E-state index in [0.29, 0.717) is 0 Å². The SMILES string of the molecule is OC[C@H]1O[C@H](OC2OC[C@@H](O)[C@@H](O)[C@H]2O)[C@H](O)[C@@H](O)[C@@H]1O. The molecule has 2 aliphatic heterocycles. The number of aliphatic hydroxyl groups excluding tert-OH is 7. The predicted molar refractivity (Wildman–Crippen MR) is 62.6 cm³/mol. The fraction of sp³-hybridized carbons (Fsp3) is 1.00. The summed E-state index contributed by atoms with van der Waals surface area (Å²) in [4.78, 5) is 0. The molecule has 2 aliphatic rings. The Morgan fingerprint density at radius 1 is 0.810 bits per heavy atom. The normalized spacial score (nSPS) is 51.9. The lowest BCUT2D eigenvalue weighted by molar-refractivity contribution is -0.365. The summed E-state index contributed by atoms with van der Waals surface area (Å²) >= 11 is 0. The van der Waals surface area contributed by atoms with Crippen LogP contribution in [-0.2, 0) is 14.2 Å². The Morgan fingerprint density at radius 3 is 2.05 bits per heavy atom. The zero-order valence-electron chi connectivity index (χ0n) is 11.0. The first kappa shape index (κ1) is 17.0. The molecular weight excluding hydrogens is 292 g/mol. The van der Waals surface area contributed by atoms with Crippen molar-refractivity contribution >= 4 is 0 Å². The van der Waals surface area contributed by atoms with Gasteiger partial charge in [-0.05, 0) is 0 Å². The maximum Gasteiger partial charge on any atom is 0.189 e. The van der Waals surface area contributed by atoms with Crippen molar-refractivity contribution < 1.29 is 50.0 Å². The summed E-state index contributed by atoms with van der Waals surface area (Å²) in [7, 11) is 0. The van der Waals surface area contributed by atoms with Crippen LogP contribution in [0.3, 0.4) is 0 Å². The zero-order valence-corrected chi connectivity index (χ0v) is 11.0. The Labute approximate surface area is 119 Å². The van der Waals surface area contributed by atoms with E-state index in [1.54, 1.807) is 0 Å². The minimum atomic E-state index is -1.65. The van der Waals surface area contributed by atoms with Crippen LogP contribution in [0.2, 0.25) is 0 Å². The molecular formula is C11H20O10. The van der Waals surface area contributed by atoms with Crippen LogP contribution in [0.25, 0.3) is 0 Å². The number of hydrogen-bond donors (Lipinski definition) is 7. The molecule has 0 aromatic carbocycles. The molecule has 21 heavy (non-hydrogen) atoms. The molecule has 2 rings (SSSR count). The van der Waals surface area contributed by atoms with Gasteiger partial charge in [0, 0.05) is 0 Å². The van der Waals surface area contributed by atoms with E-state index in [1.165, 1.54) is 0 Å². The quantitative estimate of drug-likeness (QED) is 0.268. The molecule has 10 nitrogen and oxygen atoms in total. The highest BCUT2D eigenvalue weighted by atomic mass is 16.8. The van der Waals surface area contributed by atoms with Gasteiger partial charge in [-0.2, -0.15) is 0 Å². The highest BCUT2D eigenvalue weighted by Crippen LogP contribution is 2.25. The molecule has 2 saturated heterocycles. The van der Waals surface area contributed by atoms with Crippen molar-refractivity contribution in [2.75, 3.05) is 13.2 Å². The minimum Gasteiger partial charge on any atom is -0.394 e. The van der Waals surface area contributed by atoms with Gasteiger partial charge in [0.2, 0.25) is 0 Å². The number of aliphatic hydroxyl groups is 7. The average Bonchev–Trinajstić information content (AvgIpc) is 2.48.